The molecule has 0 amide bonds. The van der Waals surface area contributed by atoms with Gasteiger partial charge in [0.25, 0.3) is 5.95 Å². The van der Waals surface area contributed by atoms with E-state index in [1.807, 2.05) is 0 Å². The molecule has 0 radical (unpaired) electrons. The van der Waals surface area contributed by atoms with E-state index in [4.69, 9.17) is 14.3 Å². The highest BCUT2D eigenvalue weighted by atomic mass is 16.7. The number of benzene rings is 3. The first-order valence-corrected chi connectivity index (χ1v) is 9.91. The molecule has 4 rings (SSSR count). The van der Waals surface area contributed by atoms with E-state index < -0.39 is 29.9 Å². The van der Waals surface area contributed by atoms with Gasteiger partial charge in [0.05, 0.1) is 16.7 Å². The van der Waals surface area contributed by atoms with Gasteiger partial charge in [0.2, 0.25) is 0 Å². The Morgan fingerprint density at radius 2 is 0.912 bits per heavy atom. The van der Waals surface area contributed by atoms with Crippen LogP contribution in [0.1, 0.15) is 31.1 Å². The quantitative estimate of drug-likeness (QED) is 0.326. The topological polar surface area (TPSA) is 130 Å². The fourth-order valence-corrected chi connectivity index (χ4v) is 2.63. The molecule has 34 heavy (non-hydrogen) atoms. The Bertz CT molecular complexity index is 1230. The number of nitrogens with one attached hydrogen (secondary N) is 1. The molecule has 10 heteroatoms. The van der Waals surface area contributed by atoms with E-state index in [2.05, 4.69) is 20.4 Å². The fraction of sp³-hybridized carbons (Fsp3) is 0. The molecule has 0 unspecified atom stereocenters. The Morgan fingerprint density at radius 3 is 1.32 bits per heavy atom. The van der Waals surface area contributed by atoms with Crippen molar-refractivity contribution < 1.29 is 28.7 Å². The highest BCUT2D eigenvalue weighted by Crippen LogP contribution is 2.16. The number of rotatable bonds is 7. The summed E-state index contributed by atoms with van der Waals surface area (Å²) in [6.45, 7) is 0. The van der Waals surface area contributed by atoms with Crippen molar-refractivity contribution in [2.24, 2.45) is 0 Å². The van der Waals surface area contributed by atoms with E-state index in [0.717, 1.165) is 0 Å². The van der Waals surface area contributed by atoms with E-state index in [1.165, 1.54) is 0 Å². The number of aromatic nitrogens is 3. The molecular formula is C24H16N4O6. The van der Waals surface area contributed by atoms with E-state index in [1.54, 1.807) is 91.0 Å². The monoisotopic (exact) mass is 456 g/mol. The molecule has 0 fully saturated rings. The standard InChI is InChI=1S/C24H16N4O6/c29-19(16-10-4-1-5-11-16)32-23-25-22(28-34-21(31)18-14-8-3-9-15-18)26-24(27-23)33-20(30)17-12-6-2-7-13-17/h1-15H,(H,25,26,27,28). The molecule has 10 nitrogen and oxygen atoms in total. The molecule has 0 aliphatic rings. The third-order valence-electron chi connectivity index (χ3n) is 4.23. The molecule has 0 aliphatic heterocycles. The summed E-state index contributed by atoms with van der Waals surface area (Å²) < 4.78 is 10.4. The lowest BCUT2D eigenvalue weighted by Gasteiger charge is -2.09. The van der Waals surface area contributed by atoms with E-state index in [9.17, 15) is 14.4 Å². The van der Waals surface area contributed by atoms with Crippen molar-refractivity contribution in [3.05, 3.63) is 108 Å². The Kier molecular flexibility index (Phi) is 6.80. The summed E-state index contributed by atoms with van der Waals surface area (Å²) in [7, 11) is 0. The second-order valence-corrected chi connectivity index (χ2v) is 6.59. The van der Waals surface area contributed by atoms with Crippen LogP contribution >= 0.6 is 0 Å². The molecule has 168 valence electrons. The van der Waals surface area contributed by atoms with Crippen molar-refractivity contribution in [2.45, 2.75) is 0 Å². The minimum absolute atomic E-state index is 0.246. The molecule has 0 saturated carbocycles. The maximum absolute atomic E-state index is 12.4. The summed E-state index contributed by atoms with van der Waals surface area (Å²) in [5.74, 6) is -2.54. The normalized spacial score (nSPS) is 10.1. The minimum atomic E-state index is -0.751. The van der Waals surface area contributed by atoms with Gasteiger partial charge >= 0.3 is 29.9 Å². The van der Waals surface area contributed by atoms with Gasteiger partial charge in [-0.25, -0.2) is 14.4 Å². The van der Waals surface area contributed by atoms with Crippen molar-refractivity contribution in [3.8, 4) is 12.0 Å². The van der Waals surface area contributed by atoms with Crippen molar-refractivity contribution in [1.82, 2.24) is 15.0 Å². The van der Waals surface area contributed by atoms with Crippen molar-refractivity contribution in [1.29, 1.82) is 0 Å². The smallest absolute Gasteiger partial charge is 0.362 e. The summed E-state index contributed by atoms with van der Waals surface area (Å²) in [6.07, 6.45) is 0. The minimum Gasteiger partial charge on any atom is -0.387 e. The van der Waals surface area contributed by atoms with E-state index in [-0.39, 0.29) is 22.6 Å². The molecule has 0 bridgehead atoms. The van der Waals surface area contributed by atoms with Crippen LogP contribution in [0.15, 0.2) is 91.0 Å². The Morgan fingerprint density at radius 1 is 0.529 bits per heavy atom. The number of anilines is 1. The van der Waals surface area contributed by atoms with E-state index in [0.29, 0.717) is 0 Å². The summed E-state index contributed by atoms with van der Waals surface area (Å²) in [5, 5.41) is 0. The molecule has 0 aliphatic carbocycles. The van der Waals surface area contributed by atoms with Crippen molar-refractivity contribution in [3.63, 3.8) is 0 Å². The Labute approximate surface area is 193 Å². The van der Waals surface area contributed by atoms with Gasteiger partial charge in [-0.1, -0.05) is 54.6 Å². The number of carbonyl (C=O) groups excluding carboxylic acids is 3. The maximum atomic E-state index is 12.4. The van der Waals surface area contributed by atoms with Crippen LogP contribution in [-0.4, -0.2) is 32.9 Å². The maximum Gasteiger partial charge on any atom is 0.362 e. The molecular weight excluding hydrogens is 440 g/mol. The van der Waals surface area contributed by atoms with Crippen LogP contribution in [-0.2, 0) is 4.84 Å². The van der Waals surface area contributed by atoms with Crippen LogP contribution in [0.25, 0.3) is 0 Å². The van der Waals surface area contributed by atoms with Crippen LogP contribution in [0.5, 0.6) is 12.0 Å². The average Bonchev–Trinajstić information content (AvgIpc) is 2.88. The molecule has 1 aromatic heterocycles. The number of esters is 2. The molecule has 0 saturated heterocycles. The highest BCUT2D eigenvalue weighted by molar-refractivity contribution is 5.91. The second-order valence-electron chi connectivity index (χ2n) is 6.59. The summed E-state index contributed by atoms with van der Waals surface area (Å²) in [6, 6.07) is 23.5. The fourth-order valence-electron chi connectivity index (χ4n) is 2.63. The predicted molar refractivity (Wildman–Crippen MR) is 118 cm³/mol. The summed E-state index contributed by atoms with van der Waals surface area (Å²) in [5.41, 5.74) is 3.02. The van der Waals surface area contributed by atoms with Gasteiger partial charge in [0.15, 0.2) is 0 Å². The largest absolute Gasteiger partial charge is 0.387 e. The number of hydrogen-bond donors (Lipinski definition) is 1. The first-order valence-electron chi connectivity index (χ1n) is 9.91. The average molecular weight is 456 g/mol. The Hall–Kier alpha value is -5.12. The first kappa shape index (κ1) is 22.1. The third-order valence-corrected chi connectivity index (χ3v) is 4.23. The van der Waals surface area contributed by atoms with Crippen LogP contribution in [0.3, 0.4) is 0 Å². The Balaban J connectivity index is 1.55. The van der Waals surface area contributed by atoms with Crippen molar-refractivity contribution in [2.75, 3.05) is 5.48 Å². The van der Waals surface area contributed by atoms with Crippen molar-refractivity contribution >= 4 is 23.9 Å². The molecule has 0 spiro atoms. The highest BCUT2D eigenvalue weighted by Gasteiger charge is 2.18. The zero-order chi connectivity index (χ0) is 23.8. The number of hydrogen-bond acceptors (Lipinski definition) is 10. The van der Waals surface area contributed by atoms with Gasteiger partial charge in [-0.2, -0.15) is 15.4 Å². The second kappa shape index (κ2) is 10.5. The summed E-state index contributed by atoms with van der Waals surface area (Å²) in [4.78, 5) is 53.6. The zero-order valence-electron chi connectivity index (χ0n) is 17.5. The molecule has 0 atom stereocenters. The van der Waals surface area contributed by atoms with Gasteiger partial charge in [-0.15, -0.1) is 4.98 Å². The van der Waals surface area contributed by atoms with Crippen LogP contribution < -0.4 is 15.0 Å². The van der Waals surface area contributed by atoms with Gasteiger partial charge in [-0.05, 0) is 36.4 Å². The van der Waals surface area contributed by atoms with Crippen LogP contribution in [0, 0.1) is 0 Å². The van der Waals surface area contributed by atoms with Crippen LogP contribution in [0.2, 0.25) is 0 Å². The lowest BCUT2D eigenvalue weighted by Crippen LogP contribution is -2.17. The van der Waals surface area contributed by atoms with Gasteiger partial charge in [-0.3, -0.25) is 0 Å². The number of ether oxygens (including phenoxy) is 2. The van der Waals surface area contributed by atoms with Gasteiger partial charge in [0, 0.05) is 0 Å². The number of nitrogens with zero attached hydrogens (tertiary/aromatic N) is 3. The van der Waals surface area contributed by atoms with E-state index >= 15 is 0 Å². The van der Waals surface area contributed by atoms with Gasteiger partial charge < -0.3 is 14.3 Å². The molecule has 1 heterocycles. The molecule has 4 aromatic rings. The lowest BCUT2D eigenvalue weighted by molar-refractivity contribution is 0.0586. The SMILES string of the molecule is O=C(ONc1nc(OC(=O)c2ccccc2)nc(OC(=O)c2ccccc2)n1)c1ccccc1. The lowest BCUT2D eigenvalue weighted by atomic mass is 10.2. The predicted octanol–water partition coefficient (Wildman–Crippen LogP) is 3.49. The zero-order valence-corrected chi connectivity index (χ0v) is 17.5. The molecule has 3 aromatic carbocycles. The van der Waals surface area contributed by atoms with Crippen LogP contribution in [0.4, 0.5) is 5.95 Å². The van der Waals surface area contributed by atoms with Gasteiger partial charge in [0.1, 0.15) is 0 Å². The third kappa shape index (κ3) is 5.77. The first-order chi connectivity index (χ1) is 16.6. The molecule has 1 N–H and O–H groups in total. The summed E-state index contributed by atoms with van der Waals surface area (Å²) >= 11 is 0. The number of carbonyl (C=O) groups is 3.